The molecule has 2 heterocycles. The van der Waals surface area contributed by atoms with Crippen LogP contribution in [0.2, 0.25) is 0 Å². The van der Waals surface area contributed by atoms with Crippen LogP contribution in [0.1, 0.15) is 63.1 Å². The lowest BCUT2D eigenvalue weighted by molar-refractivity contribution is 0.106. The minimum absolute atomic E-state index is 0.0355. The molecule has 0 bridgehead atoms. The quantitative estimate of drug-likeness (QED) is 0.484. The summed E-state index contributed by atoms with van der Waals surface area (Å²) < 4.78 is 50.8. The van der Waals surface area contributed by atoms with Gasteiger partial charge in [0.1, 0.15) is 28.8 Å². The lowest BCUT2D eigenvalue weighted by Crippen LogP contribution is -2.51. The summed E-state index contributed by atoms with van der Waals surface area (Å²) in [6.45, 7) is 10.3. The SMILES string of the molecule is Cc1nc(C)c([C@H](O)C[C@](C)(N[S+]([O-])C(C)(C)C)c2cc(-c3cncnc3)c(F)cc2F)o1. The molecular formula is C23H28F2N4O3S. The van der Waals surface area contributed by atoms with Crippen LogP contribution in [0.5, 0.6) is 0 Å². The first-order valence-electron chi connectivity index (χ1n) is 10.4. The van der Waals surface area contributed by atoms with Crippen LogP contribution in [0.3, 0.4) is 0 Å². The number of nitrogens with zero attached hydrogens (tertiary/aromatic N) is 3. The third-order valence-corrected chi connectivity index (χ3v) is 6.99. The fourth-order valence-corrected chi connectivity index (χ4v) is 4.44. The molecule has 0 saturated heterocycles. The zero-order valence-corrected chi connectivity index (χ0v) is 20.3. The van der Waals surface area contributed by atoms with E-state index in [2.05, 4.69) is 19.7 Å². The molecule has 178 valence electrons. The van der Waals surface area contributed by atoms with E-state index in [0.717, 1.165) is 6.07 Å². The molecule has 0 aliphatic rings. The molecule has 2 N–H and O–H groups in total. The van der Waals surface area contributed by atoms with Crippen LogP contribution in [-0.2, 0) is 16.9 Å². The van der Waals surface area contributed by atoms with Crippen molar-refractivity contribution in [1.82, 2.24) is 19.7 Å². The van der Waals surface area contributed by atoms with E-state index < -0.39 is 39.4 Å². The van der Waals surface area contributed by atoms with Gasteiger partial charge in [-0.2, -0.15) is 0 Å². The lowest BCUT2D eigenvalue weighted by atomic mass is 9.84. The number of halogens is 2. The van der Waals surface area contributed by atoms with Crippen molar-refractivity contribution in [2.24, 2.45) is 0 Å². The van der Waals surface area contributed by atoms with Crippen LogP contribution in [-0.4, -0.2) is 29.4 Å². The van der Waals surface area contributed by atoms with Crippen molar-refractivity contribution in [2.75, 3.05) is 0 Å². The van der Waals surface area contributed by atoms with Gasteiger partial charge in [-0.05, 0) is 40.7 Å². The summed E-state index contributed by atoms with van der Waals surface area (Å²) in [7, 11) is 0. The van der Waals surface area contributed by atoms with Crippen LogP contribution in [0.15, 0.2) is 35.3 Å². The highest BCUT2D eigenvalue weighted by Gasteiger charge is 2.41. The molecule has 1 unspecified atom stereocenters. The van der Waals surface area contributed by atoms with E-state index in [0.29, 0.717) is 17.1 Å². The maximum Gasteiger partial charge on any atom is 0.191 e. The van der Waals surface area contributed by atoms with E-state index in [1.54, 1.807) is 41.5 Å². The third-order valence-electron chi connectivity index (χ3n) is 5.24. The second-order valence-corrected chi connectivity index (χ2v) is 11.1. The molecule has 3 aromatic rings. The van der Waals surface area contributed by atoms with Gasteiger partial charge in [0.05, 0.1) is 11.2 Å². The van der Waals surface area contributed by atoms with Crippen LogP contribution in [0.25, 0.3) is 11.1 Å². The number of rotatable bonds is 7. The van der Waals surface area contributed by atoms with Crippen LogP contribution >= 0.6 is 0 Å². The predicted octanol–water partition coefficient (Wildman–Crippen LogP) is 4.42. The van der Waals surface area contributed by atoms with E-state index in [1.165, 1.54) is 24.8 Å². The Balaban J connectivity index is 2.12. The molecule has 0 radical (unpaired) electrons. The van der Waals surface area contributed by atoms with Gasteiger partial charge < -0.3 is 14.1 Å². The Labute approximate surface area is 195 Å². The van der Waals surface area contributed by atoms with Crippen LogP contribution in [0.4, 0.5) is 8.78 Å². The number of aliphatic hydroxyl groups is 1. The van der Waals surface area contributed by atoms with Crippen molar-refractivity contribution in [3.05, 3.63) is 65.4 Å². The summed E-state index contributed by atoms with van der Waals surface area (Å²) in [5, 5.41) is 11.0. The number of aliphatic hydroxyl groups excluding tert-OH is 1. The number of hydrogen-bond donors (Lipinski definition) is 2. The Morgan fingerprint density at radius 2 is 1.76 bits per heavy atom. The Hall–Kier alpha value is -2.40. The number of aryl methyl sites for hydroxylation is 2. The Bertz CT molecular complexity index is 1120. The van der Waals surface area contributed by atoms with Gasteiger partial charge in [0.15, 0.2) is 11.7 Å². The van der Waals surface area contributed by atoms with Gasteiger partial charge in [-0.1, -0.05) is 0 Å². The average molecular weight is 479 g/mol. The second kappa shape index (κ2) is 9.46. The van der Waals surface area contributed by atoms with E-state index in [4.69, 9.17) is 4.42 Å². The largest absolute Gasteiger partial charge is 0.598 e. The van der Waals surface area contributed by atoms with Gasteiger partial charge in [-0.3, -0.25) is 0 Å². The monoisotopic (exact) mass is 478 g/mol. The molecule has 3 rings (SSSR count). The fraction of sp³-hybridized carbons (Fsp3) is 0.435. The van der Waals surface area contributed by atoms with Gasteiger partial charge in [-0.25, -0.2) is 23.7 Å². The van der Waals surface area contributed by atoms with Crippen molar-refractivity contribution in [2.45, 2.75) is 64.4 Å². The molecule has 7 nitrogen and oxygen atoms in total. The molecule has 0 spiro atoms. The summed E-state index contributed by atoms with van der Waals surface area (Å²) in [5.41, 5.74) is -0.387. The maximum atomic E-state index is 15.2. The first-order chi connectivity index (χ1) is 15.3. The zero-order chi connectivity index (χ0) is 24.6. The number of oxazole rings is 1. The standard InChI is InChI=1S/C23H28F2N4O3S/c1-13-21(32-14(2)28-13)20(30)9-23(6,29-33(31)22(3,4)5)17-7-16(18(24)8-19(17)25)15-10-26-12-27-11-15/h7-8,10-12,20,29-30H,9H2,1-6H3/t20-,23+,33?/m1/s1. The molecular weight excluding hydrogens is 450 g/mol. The summed E-state index contributed by atoms with van der Waals surface area (Å²) in [6.07, 6.45) is 2.84. The second-order valence-electron chi connectivity index (χ2n) is 9.16. The first kappa shape index (κ1) is 25.2. The van der Waals surface area contributed by atoms with Crippen molar-refractivity contribution in [3.8, 4) is 11.1 Å². The van der Waals surface area contributed by atoms with Crippen molar-refractivity contribution in [1.29, 1.82) is 0 Å². The maximum absolute atomic E-state index is 15.2. The molecule has 0 amide bonds. The van der Waals surface area contributed by atoms with E-state index in [1.807, 2.05) is 0 Å². The van der Waals surface area contributed by atoms with Crippen molar-refractivity contribution < 1.29 is 22.9 Å². The molecule has 0 fully saturated rings. The van der Waals surface area contributed by atoms with Crippen LogP contribution in [0, 0.1) is 25.5 Å². The molecule has 0 saturated carbocycles. The average Bonchev–Trinajstić information content (AvgIpc) is 3.06. The van der Waals surface area contributed by atoms with Gasteiger partial charge in [-0.15, -0.1) is 4.72 Å². The van der Waals surface area contributed by atoms with Gasteiger partial charge in [0, 0.05) is 59.9 Å². The minimum atomic E-state index is -1.64. The van der Waals surface area contributed by atoms with Crippen LogP contribution < -0.4 is 4.72 Å². The molecule has 1 aromatic carbocycles. The predicted molar refractivity (Wildman–Crippen MR) is 121 cm³/mol. The summed E-state index contributed by atoms with van der Waals surface area (Å²) in [4.78, 5) is 12.0. The molecule has 0 aliphatic carbocycles. The Morgan fingerprint density at radius 3 is 2.30 bits per heavy atom. The first-order valence-corrected chi connectivity index (χ1v) is 11.5. The summed E-state index contributed by atoms with van der Waals surface area (Å²) in [5.74, 6) is -1.01. The Kier molecular flexibility index (Phi) is 7.23. The molecule has 2 aromatic heterocycles. The smallest absolute Gasteiger partial charge is 0.191 e. The van der Waals surface area contributed by atoms with E-state index in [-0.39, 0.29) is 23.3 Å². The molecule has 10 heteroatoms. The number of hydrogen-bond acceptors (Lipinski definition) is 7. The summed E-state index contributed by atoms with van der Waals surface area (Å²) in [6, 6.07) is 2.11. The fourth-order valence-electron chi connectivity index (χ4n) is 3.53. The van der Waals surface area contributed by atoms with E-state index in [9.17, 15) is 14.0 Å². The van der Waals surface area contributed by atoms with E-state index >= 15 is 4.39 Å². The number of aromatic nitrogens is 3. The molecule has 33 heavy (non-hydrogen) atoms. The Morgan fingerprint density at radius 1 is 1.12 bits per heavy atom. The minimum Gasteiger partial charge on any atom is -0.598 e. The van der Waals surface area contributed by atoms with Crippen molar-refractivity contribution in [3.63, 3.8) is 0 Å². The zero-order valence-electron chi connectivity index (χ0n) is 19.4. The molecule has 3 atom stereocenters. The summed E-state index contributed by atoms with van der Waals surface area (Å²) >= 11 is -1.64. The topological polar surface area (TPSA) is 107 Å². The number of nitrogens with one attached hydrogen (secondary N) is 1. The lowest BCUT2D eigenvalue weighted by Gasteiger charge is -2.36. The van der Waals surface area contributed by atoms with Gasteiger partial charge >= 0.3 is 0 Å². The highest BCUT2D eigenvalue weighted by atomic mass is 32.2. The van der Waals surface area contributed by atoms with Gasteiger partial charge in [0.2, 0.25) is 0 Å². The van der Waals surface area contributed by atoms with Gasteiger partial charge in [0.25, 0.3) is 0 Å². The molecule has 0 aliphatic heterocycles. The third kappa shape index (κ3) is 5.57. The highest BCUT2D eigenvalue weighted by Crippen LogP contribution is 2.38. The normalized spacial score (nSPS) is 15.8. The van der Waals surface area contributed by atoms with Crippen molar-refractivity contribution >= 4 is 11.4 Å². The highest BCUT2D eigenvalue weighted by molar-refractivity contribution is 7.90. The number of benzene rings is 1.